The molecule has 3 heterocycles. The van der Waals surface area contributed by atoms with Crippen LogP contribution in [0.1, 0.15) is 37.0 Å². The summed E-state index contributed by atoms with van der Waals surface area (Å²) >= 11 is 0. The Hall–Kier alpha value is -2.86. The van der Waals surface area contributed by atoms with Crippen LogP contribution in [0.25, 0.3) is 11.6 Å². The van der Waals surface area contributed by atoms with E-state index in [1.807, 2.05) is 18.2 Å². The Morgan fingerprint density at radius 2 is 2.07 bits per heavy atom. The van der Waals surface area contributed by atoms with Crippen molar-refractivity contribution in [3.63, 3.8) is 0 Å². The van der Waals surface area contributed by atoms with Crippen LogP contribution in [0.2, 0.25) is 0 Å². The lowest BCUT2D eigenvalue weighted by molar-refractivity contribution is -0.116. The minimum Gasteiger partial charge on any atom is -0.465 e. The highest BCUT2D eigenvalue weighted by atomic mass is 16.3. The van der Waals surface area contributed by atoms with Crippen LogP contribution < -0.4 is 10.6 Å². The molecule has 0 unspecified atom stereocenters. The van der Waals surface area contributed by atoms with E-state index in [1.54, 1.807) is 24.5 Å². The van der Waals surface area contributed by atoms with Crippen LogP contribution >= 0.6 is 0 Å². The fraction of sp³-hybridized carbons (Fsp3) is 0.333. The largest absolute Gasteiger partial charge is 0.465 e. The zero-order chi connectivity index (χ0) is 18.6. The predicted octanol–water partition coefficient (Wildman–Crippen LogP) is 3.59. The van der Waals surface area contributed by atoms with Gasteiger partial charge in [0.15, 0.2) is 0 Å². The zero-order valence-electron chi connectivity index (χ0n) is 15.2. The number of amides is 2. The summed E-state index contributed by atoms with van der Waals surface area (Å²) in [7, 11) is 0. The van der Waals surface area contributed by atoms with E-state index >= 15 is 0 Å². The summed E-state index contributed by atoms with van der Waals surface area (Å²) in [5.74, 6) is 0.438. The van der Waals surface area contributed by atoms with Crippen LogP contribution in [-0.2, 0) is 9.59 Å². The number of nitrogens with one attached hydrogen (secondary N) is 2. The molecule has 6 nitrogen and oxygen atoms in total. The van der Waals surface area contributed by atoms with E-state index in [2.05, 4.69) is 15.5 Å². The van der Waals surface area contributed by atoms with Gasteiger partial charge in [-0.3, -0.25) is 9.59 Å². The van der Waals surface area contributed by atoms with Gasteiger partial charge in [0.2, 0.25) is 5.91 Å². The molecule has 2 aliphatic heterocycles. The third-order valence-corrected chi connectivity index (χ3v) is 5.02. The van der Waals surface area contributed by atoms with Crippen LogP contribution in [-0.4, -0.2) is 36.3 Å². The average Bonchev–Trinajstić information content (AvgIpc) is 3.30. The first kappa shape index (κ1) is 17.5. The summed E-state index contributed by atoms with van der Waals surface area (Å²) in [6, 6.07) is 9.04. The molecule has 0 spiro atoms. The van der Waals surface area contributed by atoms with E-state index in [-0.39, 0.29) is 11.8 Å². The Morgan fingerprint density at radius 3 is 2.85 bits per heavy atom. The first-order chi connectivity index (χ1) is 13.2. The lowest BCUT2D eigenvalue weighted by Crippen LogP contribution is -2.32. The van der Waals surface area contributed by atoms with Crippen LogP contribution in [0.4, 0.5) is 11.4 Å². The minimum atomic E-state index is -0.171. The zero-order valence-corrected chi connectivity index (χ0v) is 15.2. The molecule has 1 aromatic carbocycles. The van der Waals surface area contributed by atoms with E-state index in [9.17, 15) is 9.59 Å². The molecule has 2 aliphatic rings. The maximum absolute atomic E-state index is 12.3. The van der Waals surface area contributed by atoms with Crippen LogP contribution in [0.3, 0.4) is 0 Å². The van der Waals surface area contributed by atoms with Crippen molar-refractivity contribution in [2.75, 3.05) is 30.3 Å². The van der Waals surface area contributed by atoms with Crippen LogP contribution in [0.15, 0.2) is 41.0 Å². The fourth-order valence-electron chi connectivity index (χ4n) is 3.59. The van der Waals surface area contributed by atoms with E-state index in [4.69, 9.17) is 4.42 Å². The number of furan rings is 1. The summed E-state index contributed by atoms with van der Waals surface area (Å²) < 4.78 is 5.31. The van der Waals surface area contributed by atoms with Crippen molar-refractivity contribution in [1.82, 2.24) is 4.90 Å². The predicted molar refractivity (Wildman–Crippen MR) is 105 cm³/mol. The summed E-state index contributed by atoms with van der Waals surface area (Å²) in [6.45, 7) is 2.96. The Labute approximate surface area is 158 Å². The Balaban J connectivity index is 1.44. The van der Waals surface area contributed by atoms with Crippen molar-refractivity contribution < 1.29 is 14.0 Å². The second-order valence-electron chi connectivity index (χ2n) is 6.99. The molecule has 2 N–H and O–H groups in total. The number of rotatable bonds is 5. The molecule has 1 fully saturated rings. The standard InChI is InChI=1S/C21H23N3O3/c25-20(8-11-24-9-2-1-3-10-24)22-15-6-7-19-17(13-15)18(21(26)23-19)14-16-5-4-12-27-16/h4-7,12-14H,1-3,8-11H2,(H,22,25)(H,23,26)/b18-14+. The Morgan fingerprint density at radius 1 is 1.22 bits per heavy atom. The molecular formula is C21H23N3O3. The second kappa shape index (κ2) is 7.80. The first-order valence-electron chi connectivity index (χ1n) is 9.42. The second-order valence-corrected chi connectivity index (χ2v) is 6.99. The molecule has 4 rings (SSSR count). The number of nitrogens with zero attached hydrogens (tertiary/aromatic N) is 1. The monoisotopic (exact) mass is 365 g/mol. The minimum absolute atomic E-state index is 0.00521. The summed E-state index contributed by atoms with van der Waals surface area (Å²) in [6.07, 6.45) is 7.49. The molecule has 1 saturated heterocycles. The number of likely N-dealkylation sites (tertiary alicyclic amines) is 1. The number of carbonyl (C=O) groups excluding carboxylic acids is 2. The first-order valence-corrected chi connectivity index (χ1v) is 9.42. The molecule has 2 amide bonds. The third kappa shape index (κ3) is 4.11. The number of hydrogen-bond acceptors (Lipinski definition) is 4. The van der Waals surface area contributed by atoms with Gasteiger partial charge in [-0.1, -0.05) is 6.42 Å². The van der Waals surface area contributed by atoms with Crippen molar-refractivity contribution in [2.45, 2.75) is 25.7 Å². The molecule has 27 heavy (non-hydrogen) atoms. The molecule has 6 heteroatoms. The van der Waals surface area contributed by atoms with E-state index in [0.29, 0.717) is 23.4 Å². The quantitative estimate of drug-likeness (QED) is 0.794. The summed E-state index contributed by atoms with van der Waals surface area (Å²) in [5.41, 5.74) is 2.73. The third-order valence-electron chi connectivity index (χ3n) is 5.02. The van der Waals surface area contributed by atoms with Gasteiger partial charge in [-0.25, -0.2) is 0 Å². The number of carbonyl (C=O) groups is 2. The molecule has 0 saturated carbocycles. The normalized spacial score (nSPS) is 18.4. The number of hydrogen-bond donors (Lipinski definition) is 2. The maximum Gasteiger partial charge on any atom is 0.256 e. The van der Waals surface area contributed by atoms with Gasteiger partial charge < -0.3 is 20.0 Å². The van der Waals surface area contributed by atoms with Gasteiger partial charge in [-0.15, -0.1) is 0 Å². The summed E-state index contributed by atoms with van der Waals surface area (Å²) in [5, 5.41) is 5.79. The van der Waals surface area contributed by atoms with Gasteiger partial charge in [-0.05, 0) is 62.3 Å². The molecule has 1 aromatic heterocycles. The molecule has 0 radical (unpaired) electrons. The fourth-order valence-corrected chi connectivity index (χ4v) is 3.59. The SMILES string of the molecule is O=C(CCN1CCCCC1)Nc1ccc2c(c1)/C(=C\c1ccco1)C(=O)N2. The van der Waals surface area contributed by atoms with Crippen molar-refractivity contribution in [1.29, 1.82) is 0 Å². The molecule has 0 bridgehead atoms. The van der Waals surface area contributed by atoms with Gasteiger partial charge >= 0.3 is 0 Å². The van der Waals surface area contributed by atoms with E-state index in [1.165, 1.54) is 19.3 Å². The molecule has 0 atom stereocenters. The molecule has 2 aromatic rings. The molecule has 0 aliphatic carbocycles. The highest BCUT2D eigenvalue weighted by molar-refractivity contribution is 6.35. The van der Waals surface area contributed by atoms with Gasteiger partial charge in [0, 0.05) is 29.9 Å². The highest BCUT2D eigenvalue weighted by Gasteiger charge is 2.25. The maximum atomic E-state index is 12.3. The van der Waals surface area contributed by atoms with Gasteiger partial charge in [0.1, 0.15) is 5.76 Å². The van der Waals surface area contributed by atoms with Crippen LogP contribution in [0, 0.1) is 0 Å². The van der Waals surface area contributed by atoms with E-state index in [0.717, 1.165) is 30.9 Å². The smallest absolute Gasteiger partial charge is 0.256 e. The molecule has 140 valence electrons. The lowest BCUT2D eigenvalue weighted by Gasteiger charge is -2.25. The van der Waals surface area contributed by atoms with Gasteiger partial charge in [-0.2, -0.15) is 0 Å². The van der Waals surface area contributed by atoms with Crippen LogP contribution in [0.5, 0.6) is 0 Å². The molecular weight excluding hydrogens is 342 g/mol. The lowest BCUT2D eigenvalue weighted by atomic mass is 10.1. The van der Waals surface area contributed by atoms with Crippen molar-refractivity contribution in [2.24, 2.45) is 0 Å². The average molecular weight is 365 g/mol. The van der Waals surface area contributed by atoms with Crippen molar-refractivity contribution in [3.05, 3.63) is 47.9 Å². The topological polar surface area (TPSA) is 74.6 Å². The number of benzene rings is 1. The van der Waals surface area contributed by atoms with E-state index < -0.39 is 0 Å². The highest BCUT2D eigenvalue weighted by Crippen LogP contribution is 2.35. The van der Waals surface area contributed by atoms with Gasteiger partial charge in [0.05, 0.1) is 11.8 Å². The number of fused-ring (bicyclic) bond motifs is 1. The Kier molecular flexibility index (Phi) is 5.07. The number of piperidine rings is 1. The number of anilines is 2. The van der Waals surface area contributed by atoms with Crippen molar-refractivity contribution >= 4 is 34.8 Å². The Bertz CT molecular complexity index is 865. The summed E-state index contributed by atoms with van der Waals surface area (Å²) in [4.78, 5) is 26.9. The van der Waals surface area contributed by atoms with Crippen molar-refractivity contribution in [3.8, 4) is 0 Å². The van der Waals surface area contributed by atoms with Gasteiger partial charge in [0.25, 0.3) is 5.91 Å².